The van der Waals surface area contributed by atoms with E-state index < -0.39 is 143 Å². The molecule has 28 heteroatoms. The van der Waals surface area contributed by atoms with Gasteiger partial charge < -0.3 is 69.4 Å². The molecule has 0 radical (unpaired) electrons. The summed E-state index contributed by atoms with van der Waals surface area (Å²) in [5.74, 6) is -7.18. The van der Waals surface area contributed by atoms with Crippen molar-refractivity contribution < 1.29 is 67.0 Å². The molecule has 6 aliphatic rings. The van der Waals surface area contributed by atoms with Gasteiger partial charge in [0.1, 0.15) is 18.3 Å². The Morgan fingerprint density at radius 2 is 1.40 bits per heavy atom. The summed E-state index contributed by atoms with van der Waals surface area (Å²) in [4.78, 5) is 126. The average Bonchev–Trinajstić information content (AvgIpc) is 1.53. The van der Waals surface area contributed by atoms with Gasteiger partial charge in [-0.3, -0.25) is 57.6 Å². The fourth-order valence-corrected chi connectivity index (χ4v) is 16.6. The number of imidazole rings is 1. The van der Waals surface area contributed by atoms with Crippen LogP contribution in [0, 0.1) is 59.2 Å². The summed E-state index contributed by atoms with van der Waals surface area (Å²) in [7, 11) is -5.07. The third-order valence-electron chi connectivity index (χ3n) is 20.6. The van der Waals surface area contributed by atoms with Crippen LogP contribution >= 0.6 is 7.82 Å². The van der Waals surface area contributed by atoms with Crippen molar-refractivity contribution in [3.8, 4) is 0 Å². The van der Waals surface area contributed by atoms with E-state index in [9.17, 15) is 53.2 Å². The first-order valence-corrected chi connectivity index (χ1v) is 32.1. The van der Waals surface area contributed by atoms with Gasteiger partial charge in [0, 0.05) is 131 Å². The van der Waals surface area contributed by atoms with Crippen LogP contribution in [-0.4, -0.2) is 132 Å². The van der Waals surface area contributed by atoms with Crippen LogP contribution < -0.4 is 45.0 Å². The summed E-state index contributed by atoms with van der Waals surface area (Å²) in [6.45, 7) is 19.3. The van der Waals surface area contributed by atoms with Crippen molar-refractivity contribution in [3.63, 3.8) is 0 Å². The largest absolute Gasteiger partial charge is 0.472 e. The smallest absolute Gasteiger partial charge is 0.394 e. The predicted octanol–water partition coefficient (Wildman–Crippen LogP) is 3.16. The zero-order chi connectivity index (χ0) is 66.7. The predicted molar refractivity (Wildman–Crippen MR) is 334 cm³/mol. The summed E-state index contributed by atoms with van der Waals surface area (Å²) >= 11 is 0. The number of phosphoric ester groups is 1. The average molecular weight is 1270 g/mol. The van der Waals surface area contributed by atoms with E-state index in [2.05, 4.69) is 15.6 Å². The SMILES string of the molecule is CC1=C2N=C(C=C3N/C(=C(/C)C4=N[C@@](C)([C@@H]5N=C1[C@](C)(CCC(=O)NC[C@@H](C)OP(=O)(O)OC1[C@@H](CO)O[C@H](n6cnc7cc(C)c(C)cc76)[C@H]1O)[C@H]5CC(N)=O)[C@@](C)(CC(N)=O)[C@@H]4CCC(N)=O)[C@@](C)(CC(N)=O)[C@@H]3CCC(N)=O)C(C)(C)[C@@H]2CCC(N)=O. The number of hydrogen-bond donors (Lipinski definition) is 11. The Balaban J connectivity index is 1.19. The first kappa shape index (κ1) is 68.9. The highest BCUT2D eigenvalue weighted by atomic mass is 31.2. The quantitative estimate of drug-likeness (QED) is 0.0603. The topological polar surface area (TPSA) is 460 Å². The molecule has 90 heavy (non-hydrogen) atoms. The molecule has 8 rings (SSSR count). The minimum atomic E-state index is -5.07. The van der Waals surface area contributed by atoms with E-state index in [4.69, 9.17) is 63.2 Å². The molecule has 6 aliphatic heterocycles. The second-order valence-electron chi connectivity index (χ2n) is 27.1. The number of aromatic nitrogens is 2. The maximum absolute atomic E-state index is 14.4. The number of fused-ring (bicyclic) bond motifs is 7. The molecule has 7 heterocycles. The fourth-order valence-electron chi connectivity index (χ4n) is 15.4. The van der Waals surface area contributed by atoms with Gasteiger partial charge in [-0.05, 0) is 108 Å². The van der Waals surface area contributed by atoms with Crippen molar-refractivity contribution in [2.24, 2.45) is 94.7 Å². The molecule has 492 valence electrons. The normalized spacial score (nSPS) is 32.8. The molecule has 2 unspecified atom stereocenters. The third kappa shape index (κ3) is 13.0. The van der Waals surface area contributed by atoms with Crippen LogP contribution in [0.25, 0.3) is 11.0 Å². The monoisotopic (exact) mass is 1270 g/mol. The van der Waals surface area contributed by atoms with Crippen LogP contribution in [0.5, 0.6) is 0 Å². The van der Waals surface area contributed by atoms with E-state index in [1.807, 2.05) is 87.4 Å². The van der Waals surface area contributed by atoms with Crippen LogP contribution in [0.3, 0.4) is 0 Å². The van der Waals surface area contributed by atoms with Crippen molar-refractivity contribution in [1.29, 1.82) is 0 Å². The van der Waals surface area contributed by atoms with Gasteiger partial charge in [0.25, 0.3) is 0 Å². The van der Waals surface area contributed by atoms with Crippen LogP contribution in [0.2, 0.25) is 0 Å². The number of carbonyl (C=O) groups is 7. The van der Waals surface area contributed by atoms with Gasteiger partial charge in [-0.1, -0.05) is 34.6 Å². The Labute approximate surface area is 523 Å². The molecule has 1 aromatic carbocycles. The molecule has 7 amide bonds. The van der Waals surface area contributed by atoms with Crippen molar-refractivity contribution in [2.45, 2.75) is 189 Å². The summed E-state index contributed by atoms with van der Waals surface area (Å²) in [6, 6.07) is 2.70. The summed E-state index contributed by atoms with van der Waals surface area (Å²) < 4.78 is 32.3. The Hall–Kier alpha value is -7.00. The van der Waals surface area contributed by atoms with Crippen LogP contribution in [0.1, 0.15) is 150 Å². The van der Waals surface area contributed by atoms with Gasteiger partial charge in [0.2, 0.25) is 41.4 Å². The number of hydrogen-bond acceptors (Lipinski definition) is 18. The minimum absolute atomic E-state index is 0.0114. The molecule has 0 aliphatic carbocycles. The summed E-state index contributed by atoms with van der Waals surface area (Å²) in [5, 5.41) is 28.2. The molecule has 27 nitrogen and oxygen atoms in total. The zero-order valence-electron chi connectivity index (χ0n) is 53.3. The molecular formula is C62H90N13O14P. The molecule has 2 aromatic rings. The number of carbonyl (C=O) groups excluding carboxylic acids is 7. The number of nitrogens with zero attached hydrogens (tertiary/aromatic N) is 5. The maximum Gasteiger partial charge on any atom is 0.472 e. The lowest BCUT2D eigenvalue weighted by atomic mass is 9.55. The van der Waals surface area contributed by atoms with Crippen molar-refractivity contribution in [2.75, 3.05) is 13.2 Å². The fraction of sp³-hybridized carbons (Fsp3) is 0.629. The van der Waals surface area contributed by atoms with Gasteiger partial charge in [-0.2, -0.15) is 0 Å². The zero-order valence-corrected chi connectivity index (χ0v) is 54.1. The first-order chi connectivity index (χ1) is 41.8. The lowest BCUT2D eigenvalue weighted by Gasteiger charge is -2.48. The lowest BCUT2D eigenvalue weighted by Crippen LogP contribution is -2.56. The van der Waals surface area contributed by atoms with Crippen LogP contribution in [-0.2, 0) is 51.9 Å². The number of aryl methyl sites for hydroxylation is 2. The number of benzene rings is 1. The molecular weight excluding hydrogens is 1180 g/mol. The van der Waals surface area contributed by atoms with Gasteiger partial charge in [-0.15, -0.1) is 0 Å². The number of aliphatic imine (C=N–C) groups is 3. The van der Waals surface area contributed by atoms with Gasteiger partial charge >= 0.3 is 7.82 Å². The van der Waals surface area contributed by atoms with Crippen molar-refractivity contribution >= 4 is 77.3 Å². The third-order valence-corrected chi connectivity index (χ3v) is 21.7. The van der Waals surface area contributed by atoms with E-state index in [1.165, 1.54) is 13.3 Å². The molecule has 0 saturated carbocycles. The Kier molecular flexibility index (Phi) is 19.6. The number of ether oxygens (including phenoxy) is 1. The van der Waals surface area contributed by atoms with E-state index in [0.717, 1.165) is 11.1 Å². The molecule has 2 fully saturated rings. The second-order valence-corrected chi connectivity index (χ2v) is 28.4. The number of nitrogens with two attached hydrogens (primary N) is 6. The highest BCUT2D eigenvalue weighted by Gasteiger charge is 2.66. The number of amides is 7. The number of rotatable bonds is 26. The molecule has 17 N–H and O–H groups in total. The Morgan fingerprint density at radius 1 is 0.800 bits per heavy atom. The minimum Gasteiger partial charge on any atom is -0.394 e. The number of allylic oxidation sites excluding steroid dienone is 6. The molecule has 1 aromatic heterocycles. The van der Waals surface area contributed by atoms with Crippen LogP contribution in [0.15, 0.2) is 67.8 Å². The lowest BCUT2D eigenvalue weighted by molar-refractivity contribution is -0.124. The molecule has 2 saturated heterocycles. The maximum atomic E-state index is 14.4. The number of phosphoric acid groups is 1. The van der Waals surface area contributed by atoms with Gasteiger partial charge in [0.05, 0.1) is 41.7 Å². The first-order valence-electron chi connectivity index (χ1n) is 30.6. The van der Waals surface area contributed by atoms with Crippen LogP contribution in [0.4, 0.5) is 0 Å². The number of nitrogens with one attached hydrogen (secondary N) is 2. The van der Waals surface area contributed by atoms with E-state index >= 15 is 0 Å². The second kappa shape index (κ2) is 25.6. The number of aliphatic hydroxyl groups is 2. The Morgan fingerprint density at radius 3 is 1.99 bits per heavy atom. The van der Waals surface area contributed by atoms with Crippen molar-refractivity contribution in [1.82, 2.24) is 20.2 Å². The number of primary amides is 6. The summed E-state index contributed by atoms with van der Waals surface area (Å²) in [6.07, 6.45) is -4.26. The number of aliphatic hydroxyl groups excluding tert-OH is 2. The van der Waals surface area contributed by atoms with Gasteiger partial charge in [0.15, 0.2) is 6.23 Å². The van der Waals surface area contributed by atoms with E-state index in [-0.39, 0.29) is 77.2 Å². The summed E-state index contributed by atoms with van der Waals surface area (Å²) in [5.41, 5.74) is 37.4. The molecule has 15 atom stereocenters. The molecule has 8 bridgehead atoms. The highest BCUT2D eigenvalue weighted by molar-refractivity contribution is 7.47. The Bertz CT molecular complexity index is 3540. The molecule has 0 spiro atoms. The standard InChI is InChI=1S/C62H90N13O14P/c1-29-20-39-40(21-30(29)2)75(28-70-39)57-52(84)53(41(27-76)87-57)89-90(85,86)88-31(3)26-69-49(83)18-19-59(8)37(22-46(66)80)56-62(11)61(10,25-48(68)82)36(14-17-45(65)79)51(74-62)33(5)55-60(9,24-47(67)81)34(12-15-43(63)77)38(71-55)23-42-58(6,7)35(13-16-44(64)78)50(72-42)32(4)54(59)73-56/h20-21,23,28,31,34-37,41,52-53,56-57,71,76,84H,12-19,22,24-27H2,1-11H3,(H2,63,77)(H2,64,78)(H2,65,79)(H2,66,80)(H2,67,81)(H2,68,82)(H,69,83)(H,85,86)/b38-23?,50-32?,55-33-/t31-,34-,35-,36-,37+,41-,52+,53?,56-,57+,59-,60+,61+,62+/m1/s1. The van der Waals surface area contributed by atoms with E-state index in [0.29, 0.717) is 56.4 Å². The van der Waals surface area contributed by atoms with Gasteiger partial charge in [-0.25, -0.2) is 9.55 Å². The van der Waals surface area contributed by atoms with Crippen molar-refractivity contribution in [3.05, 3.63) is 63.9 Å². The highest BCUT2D eigenvalue weighted by Crippen LogP contribution is 2.63. The van der Waals surface area contributed by atoms with E-state index in [1.54, 1.807) is 4.57 Å².